The van der Waals surface area contributed by atoms with Gasteiger partial charge in [-0.1, -0.05) is 33.5 Å². The van der Waals surface area contributed by atoms with Gasteiger partial charge in [-0.25, -0.2) is 9.97 Å². The molecule has 1 unspecified atom stereocenters. The van der Waals surface area contributed by atoms with Gasteiger partial charge in [0, 0.05) is 56.6 Å². The molecule has 0 radical (unpaired) electrons. The van der Waals surface area contributed by atoms with Gasteiger partial charge in [0.25, 0.3) is 0 Å². The van der Waals surface area contributed by atoms with E-state index < -0.39 is 13.5 Å². The highest BCUT2D eigenvalue weighted by molar-refractivity contribution is 6.76. The largest absolute Gasteiger partial charge is 0.493 e. The minimum absolute atomic E-state index is 0.0516. The van der Waals surface area contributed by atoms with E-state index in [0.717, 1.165) is 47.7 Å². The molecule has 11 heteroatoms. The first-order chi connectivity index (χ1) is 20.0. The van der Waals surface area contributed by atoms with Crippen molar-refractivity contribution >= 4 is 25.5 Å². The van der Waals surface area contributed by atoms with Crippen LogP contribution in [-0.2, 0) is 21.0 Å². The van der Waals surface area contributed by atoms with Crippen LogP contribution in [0.3, 0.4) is 0 Å². The van der Waals surface area contributed by atoms with E-state index in [2.05, 4.69) is 30.7 Å². The Bertz CT molecular complexity index is 1340. The van der Waals surface area contributed by atoms with E-state index >= 15 is 0 Å². The zero-order valence-electron chi connectivity index (χ0n) is 26.4. The standard InChI is InChI=1S/C31H46N4O6Si/c1-31(2,20-36)17-25(34-9-11-40-12-10-34)23-19-35(21-41-13-14-42(6,7)8)30-28(23)33-24(18-32-30)22-15-26(37-3)29(39-5)27(16-22)38-4/h15-16,18-20,25H,9-14,17,21H2,1-8H3. The number of aromatic nitrogens is 3. The van der Waals surface area contributed by atoms with Crippen LogP contribution in [0.15, 0.2) is 24.5 Å². The normalized spacial score (nSPS) is 15.5. The van der Waals surface area contributed by atoms with Crippen LogP contribution in [0.2, 0.25) is 25.7 Å². The van der Waals surface area contributed by atoms with Gasteiger partial charge in [0.15, 0.2) is 17.1 Å². The van der Waals surface area contributed by atoms with Crippen LogP contribution in [0.1, 0.15) is 31.9 Å². The van der Waals surface area contributed by atoms with Crippen LogP contribution in [0.5, 0.6) is 17.2 Å². The maximum atomic E-state index is 12.1. The predicted molar refractivity (Wildman–Crippen MR) is 166 cm³/mol. The summed E-state index contributed by atoms with van der Waals surface area (Å²) in [6.45, 7) is 14.9. The van der Waals surface area contributed by atoms with Crippen LogP contribution in [-0.4, -0.2) is 88.0 Å². The van der Waals surface area contributed by atoms with Crippen molar-refractivity contribution in [1.29, 1.82) is 0 Å². The third-order valence-corrected chi connectivity index (χ3v) is 9.37. The van der Waals surface area contributed by atoms with E-state index in [-0.39, 0.29) is 6.04 Å². The number of rotatable bonds is 14. The molecule has 3 aromatic rings. The third-order valence-electron chi connectivity index (χ3n) is 7.66. The van der Waals surface area contributed by atoms with E-state index in [4.69, 9.17) is 33.7 Å². The molecule has 3 heterocycles. The Morgan fingerprint density at radius 2 is 1.74 bits per heavy atom. The summed E-state index contributed by atoms with van der Waals surface area (Å²) < 4.78 is 30.6. The third kappa shape index (κ3) is 7.50. The van der Waals surface area contributed by atoms with Gasteiger partial charge < -0.3 is 33.0 Å². The van der Waals surface area contributed by atoms with Gasteiger partial charge in [-0.15, -0.1) is 0 Å². The minimum atomic E-state index is -1.23. The number of hydrogen-bond acceptors (Lipinski definition) is 9. The predicted octanol–water partition coefficient (Wildman–Crippen LogP) is 5.42. The Hall–Kier alpha value is -2.99. The summed E-state index contributed by atoms with van der Waals surface area (Å²) >= 11 is 0. The quantitative estimate of drug-likeness (QED) is 0.137. The fourth-order valence-corrected chi connectivity index (χ4v) is 5.96. The van der Waals surface area contributed by atoms with E-state index in [9.17, 15) is 4.79 Å². The highest BCUT2D eigenvalue weighted by Crippen LogP contribution is 2.42. The Morgan fingerprint density at radius 3 is 2.31 bits per heavy atom. The lowest BCUT2D eigenvalue weighted by atomic mass is 9.84. The summed E-state index contributed by atoms with van der Waals surface area (Å²) in [5.41, 5.74) is 3.51. The van der Waals surface area contributed by atoms with Crippen molar-refractivity contribution in [1.82, 2.24) is 19.4 Å². The molecule has 0 spiro atoms. The fourth-order valence-electron chi connectivity index (χ4n) is 5.20. The Morgan fingerprint density at radius 1 is 1.07 bits per heavy atom. The maximum Gasteiger partial charge on any atom is 0.203 e. The molecular formula is C31H46N4O6Si. The van der Waals surface area contributed by atoms with Gasteiger partial charge >= 0.3 is 0 Å². The van der Waals surface area contributed by atoms with E-state index in [1.807, 2.05) is 30.5 Å². The maximum absolute atomic E-state index is 12.1. The zero-order chi connectivity index (χ0) is 30.5. The van der Waals surface area contributed by atoms with Gasteiger partial charge in [0.1, 0.15) is 18.5 Å². The van der Waals surface area contributed by atoms with Gasteiger partial charge in [-0.2, -0.15) is 0 Å². The molecule has 1 fully saturated rings. The van der Waals surface area contributed by atoms with E-state index in [1.54, 1.807) is 27.5 Å². The molecule has 1 saturated heterocycles. The first-order valence-electron chi connectivity index (χ1n) is 14.5. The molecule has 1 atom stereocenters. The van der Waals surface area contributed by atoms with Crippen molar-refractivity contribution in [3.63, 3.8) is 0 Å². The molecule has 0 saturated carbocycles. The van der Waals surface area contributed by atoms with Gasteiger partial charge in [0.2, 0.25) is 5.75 Å². The molecule has 2 aromatic heterocycles. The molecule has 0 amide bonds. The second kappa shape index (κ2) is 13.5. The number of morpholine rings is 1. The van der Waals surface area contributed by atoms with E-state index in [0.29, 0.717) is 55.9 Å². The van der Waals surface area contributed by atoms with Crippen molar-refractivity contribution in [2.45, 2.75) is 58.7 Å². The second-order valence-electron chi connectivity index (χ2n) is 12.7. The number of benzene rings is 1. The summed E-state index contributed by atoms with van der Waals surface area (Å²) in [5, 5.41) is 0. The summed E-state index contributed by atoms with van der Waals surface area (Å²) in [4.78, 5) is 24.6. The summed E-state index contributed by atoms with van der Waals surface area (Å²) in [6, 6.07) is 4.79. The van der Waals surface area contributed by atoms with Crippen LogP contribution in [0, 0.1) is 5.41 Å². The zero-order valence-corrected chi connectivity index (χ0v) is 27.4. The number of aldehydes is 1. The molecule has 42 heavy (non-hydrogen) atoms. The average molecular weight is 599 g/mol. The van der Waals surface area contributed by atoms with Crippen molar-refractivity contribution in [2.75, 3.05) is 54.2 Å². The molecule has 10 nitrogen and oxygen atoms in total. The summed E-state index contributed by atoms with van der Waals surface area (Å²) in [7, 11) is 3.55. The molecule has 0 bridgehead atoms. The molecule has 0 N–H and O–H groups in total. The number of methoxy groups -OCH3 is 3. The first kappa shape index (κ1) is 31.9. The van der Waals surface area contributed by atoms with Crippen LogP contribution in [0.4, 0.5) is 0 Å². The Balaban J connectivity index is 1.84. The summed E-state index contributed by atoms with van der Waals surface area (Å²) in [6.07, 6.45) is 5.57. The number of fused-ring (bicyclic) bond motifs is 1. The highest BCUT2D eigenvalue weighted by atomic mass is 28.3. The lowest BCUT2D eigenvalue weighted by Gasteiger charge is -2.37. The van der Waals surface area contributed by atoms with Crippen LogP contribution in [0.25, 0.3) is 22.4 Å². The Kier molecular flexibility index (Phi) is 10.3. The van der Waals surface area contributed by atoms with Gasteiger partial charge in [-0.3, -0.25) is 4.90 Å². The van der Waals surface area contributed by atoms with Crippen molar-refractivity contribution < 1.29 is 28.5 Å². The molecule has 0 aliphatic carbocycles. The minimum Gasteiger partial charge on any atom is -0.493 e. The smallest absolute Gasteiger partial charge is 0.203 e. The fraction of sp³-hybridized carbons (Fsp3) is 0.581. The molecule has 230 valence electrons. The molecule has 1 aromatic carbocycles. The molecular weight excluding hydrogens is 552 g/mol. The lowest BCUT2D eigenvalue weighted by molar-refractivity contribution is -0.116. The van der Waals surface area contributed by atoms with Crippen molar-refractivity contribution in [3.05, 3.63) is 30.1 Å². The number of nitrogens with zero attached hydrogens (tertiary/aromatic N) is 4. The van der Waals surface area contributed by atoms with Gasteiger partial charge in [-0.05, 0) is 24.6 Å². The number of carbonyl (C=O) groups excluding carboxylic acids is 1. The lowest BCUT2D eigenvalue weighted by Crippen LogP contribution is -2.40. The monoisotopic (exact) mass is 598 g/mol. The Labute approximate surface area is 250 Å². The van der Waals surface area contributed by atoms with E-state index in [1.165, 1.54) is 0 Å². The van der Waals surface area contributed by atoms with Gasteiger partial charge in [0.05, 0.1) is 46.4 Å². The topological polar surface area (TPSA) is 97.2 Å². The molecule has 4 rings (SSSR count). The van der Waals surface area contributed by atoms with Crippen molar-refractivity contribution in [3.8, 4) is 28.5 Å². The highest BCUT2D eigenvalue weighted by Gasteiger charge is 2.33. The summed E-state index contributed by atoms with van der Waals surface area (Å²) in [5.74, 6) is 1.60. The second-order valence-corrected chi connectivity index (χ2v) is 18.3. The van der Waals surface area contributed by atoms with Crippen molar-refractivity contribution in [2.24, 2.45) is 5.41 Å². The number of ether oxygens (including phenoxy) is 5. The SMILES string of the molecule is COc1cc(-c2cnc3c(n2)c(C(CC(C)(C)C=O)N2CCOCC2)cn3COCC[Si](C)(C)C)cc(OC)c1OC. The van der Waals surface area contributed by atoms with Crippen LogP contribution < -0.4 is 14.2 Å². The van der Waals surface area contributed by atoms with Crippen LogP contribution >= 0.6 is 0 Å². The molecule has 1 aliphatic heterocycles. The average Bonchev–Trinajstić information content (AvgIpc) is 3.34. The number of carbonyl (C=O) groups is 1. The molecule has 1 aliphatic rings. The first-order valence-corrected chi connectivity index (χ1v) is 18.2. The number of hydrogen-bond donors (Lipinski definition) is 0.